The highest BCUT2D eigenvalue weighted by Gasteiger charge is 2.02. The number of halogens is 1. The summed E-state index contributed by atoms with van der Waals surface area (Å²) >= 11 is 6.02. The van der Waals surface area contributed by atoms with Crippen molar-refractivity contribution in [3.63, 3.8) is 0 Å². The molecule has 0 aromatic heterocycles. The molecule has 2 aromatic carbocycles. The third-order valence-electron chi connectivity index (χ3n) is 2.72. The van der Waals surface area contributed by atoms with E-state index >= 15 is 0 Å². The molecule has 104 valence electrons. The number of aliphatic imine (C=N–C) groups is 1. The molecule has 0 aliphatic rings. The fourth-order valence-electron chi connectivity index (χ4n) is 1.64. The molecule has 1 N–H and O–H groups in total. The van der Waals surface area contributed by atoms with Crippen molar-refractivity contribution in [2.45, 2.75) is 0 Å². The Balaban J connectivity index is 2.27. The first-order valence-electron chi connectivity index (χ1n) is 5.88. The molecule has 4 nitrogen and oxygen atoms in total. The van der Waals surface area contributed by atoms with E-state index in [0.29, 0.717) is 27.8 Å². The van der Waals surface area contributed by atoms with Crippen molar-refractivity contribution >= 4 is 23.5 Å². The van der Waals surface area contributed by atoms with Gasteiger partial charge >= 0.3 is 0 Å². The highest BCUT2D eigenvalue weighted by Crippen LogP contribution is 2.29. The lowest BCUT2D eigenvalue weighted by molar-refractivity contribution is 0.412. The highest BCUT2D eigenvalue weighted by molar-refractivity contribution is 6.32. The molecule has 0 amide bonds. The summed E-state index contributed by atoms with van der Waals surface area (Å²) in [4.78, 5) is 4.27. The zero-order chi connectivity index (χ0) is 14.5. The van der Waals surface area contributed by atoms with Gasteiger partial charge in [0.25, 0.3) is 0 Å². The number of benzene rings is 2. The van der Waals surface area contributed by atoms with Gasteiger partial charge in [-0.1, -0.05) is 11.6 Å². The standard InChI is InChI=1S/C15H14ClNO3/c1-19-12-4-5-14(18)10(7-12)9-17-11-3-6-15(20-2)13(16)8-11/h3-9,18H,1-2H3. The van der Waals surface area contributed by atoms with Crippen LogP contribution in [0.4, 0.5) is 5.69 Å². The second kappa shape index (κ2) is 6.30. The number of ether oxygens (including phenoxy) is 2. The van der Waals surface area contributed by atoms with Crippen LogP contribution in [-0.4, -0.2) is 25.5 Å². The van der Waals surface area contributed by atoms with Gasteiger partial charge in [0, 0.05) is 11.8 Å². The Morgan fingerprint density at radius 1 is 1.10 bits per heavy atom. The molecule has 0 bridgehead atoms. The van der Waals surface area contributed by atoms with Crippen LogP contribution < -0.4 is 9.47 Å². The lowest BCUT2D eigenvalue weighted by Crippen LogP contribution is -1.87. The summed E-state index contributed by atoms with van der Waals surface area (Å²) in [5.41, 5.74) is 1.23. The van der Waals surface area contributed by atoms with Crippen LogP contribution in [0.2, 0.25) is 5.02 Å². The van der Waals surface area contributed by atoms with E-state index in [0.717, 1.165) is 0 Å². The van der Waals surface area contributed by atoms with Gasteiger partial charge in [-0.15, -0.1) is 0 Å². The molecule has 0 saturated heterocycles. The normalized spacial score (nSPS) is 10.8. The van der Waals surface area contributed by atoms with Crippen LogP contribution in [0.15, 0.2) is 41.4 Å². The Morgan fingerprint density at radius 2 is 1.90 bits per heavy atom. The van der Waals surface area contributed by atoms with E-state index in [-0.39, 0.29) is 5.75 Å². The zero-order valence-electron chi connectivity index (χ0n) is 11.1. The molecule has 0 saturated carbocycles. The third kappa shape index (κ3) is 3.22. The van der Waals surface area contributed by atoms with Gasteiger partial charge in [-0.25, -0.2) is 0 Å². The number of methoxy groups -OCH3 is 2. The first kappa shape index (κ1) is 14.2. The van der Waals surface area contributed by atoms with Crippen molar-refractivity contribution in [2.24, 2.45) is 4.99 Å². The lowest BCUT2D eigenvalue weighted by atomic mass is 10.2. The second-order valence-electron chi connectivity index (χ2n) is 4.00. The largest absolute Gasteiger partial charge is 0.507 e. The average Bonchev–Trinajstić information content (AvgIpc) is 2.46. The van der Waals surface area contributed by atoms with Gasteiger partial charge in [-0.05, 0) is 36.4 Å². The van der Waals surface area contributed by atoms with E-state index in [2.05, 4.69) is 4.99 Å². The smallest absolute Gasteiger partial charge is 0.137 e. The van der Waals surface area contributed by atoms with E-state index < -0.39 is 0 Å². The zero-order valence-corrected chi connectivity index (χ0v) is 11.9. The predicted octanol–water partition coefficient (Wildman–Crippen LogP) is 3.81. The third-order valence-corrected chi connectivity index (χ3v) is 3.02. The number of hydrogen-bond donors (Lipinski definition) is 1. The maximum Gasteiger partial charge on any atom is 0.137 e. The van der Waals surface area contributed by atoms with Crippen LogP contribution in [0.1, 0.15) is 5.56 Å². The molecule has 0 fully saturated rings. The van der Waals surface area contributed by atoms with E-state index in [1.807, 2.05) is 0 Å². The molecule has 0 aliphatic carbocycles. The quantitative estimate of drug-likeness (QED) is 0.871. The molecule has 5 heteroatoms. The van der Waals surface area contributed by atoms with Crippen LogP contribution in [0.3, 0.4) is 0 Å². The highest BCUT2D eigenvalue weighted by atomic mass is 35.5. The molecule has 2 rings (SSSR count). The second-order valence-corrected chi connectivity index (χ2v) is 4.41. The predicted molar refractivity (Wildman–Crippen MR) is 79.9 cm³/mol. The fraction of sp³-hybridized carbons (Fsp3) is 0.133. The number of phenols is 1. The minimum absolute atomic E-state index is 0.133. The molecular weight excluding hydrogens is 278 g/mol. The number of phenolic OH excluding ortho intramolecular Hbond substituents is 1. The van der Waals surface area contributed by atoms with Crippen molar-refractivity contribution in [3.05, 3.63) is 47.0 Å². The maximum atomic E-state index is 9.75. The average molecular weight is 292 g/mol. The van der Waals surface area contributed by atoms with Gasteiger partial charge in [0.2, 0.25) is 0 Å². The summed E-state index contributed by atoms with van der Waals surface area (Å²) in [7, 11) is 3.12. The molecule has 0 aliphatic heterocycles. The molecule has 2 aromatic rings. The summed E-state index contributed by atoms with van der Waals surface area (Å²) in [6.07, 6.45) is 1.55. The molecule has 0 spiro atoms. The first-order valence-corrected chi connectivity index (χ1v) is 6.26. The van der Waals surface area contributed by atoms with Gasteiger partial charge in [0.15, 0.2) is 0 Å². The molecule has 0 heterocycles. The summed E-state index contributed by atoms with van der Waals surface area (Å²) in [5, 5.41) is 10.2. The number of hydrogen-bond acceptors (Lipinski definition) is 4. The molecular formula is C15H14ClNO3. The van der Waals surface area contributed by atoms with Crippen molar-refractivity contribution in [1.29, 1.82) is 0 Å². The van der Waals surface area contributed by atoms with Crippen LogP contribution in [0.25, 0.3) is 0 Å². The van der Waals surface area contributed by atoms with Crippen LogP contribution in [0.5, 0.6) is 17.2 Å². The molecule has 0 radical (unpaired) electrons. The van der Waals surface area contributed by atoms with E-state index in [1.54, 1.807) is 56.8 Å². The van der Waals surface area contributed by atoms with Gasteiger partial charge < -0.3 is 14.6 Å². The Hall–Kier alpha value is -2.20. The van der Waals surface area contributed by atoms with Crippen molar-refractivity contribution in [3.8, 4) is 17.2 Å². The van der Waals surface area contributed by atoms with Crippen LogP contribution in [0, 0.1) is 0 Å². The Kier molecular flexibility index (Phi) is 4.48. The summed E-state index contributed by atoms with van der Waals surface area (Å²) < 4.78 is 10.2. The van der Waals surface area contributed by atoms with Crippen molar-refractivity contribution in [2.75, 3.05) is 14.2 Å². The summed E-state index contributed by atoms with van der Waals surface area (Å²) in [5.74, 6) is 1.38. The van der Waals surface area contributed by atoms with Crippen molar-refractivity contribution < 1.29 is 14.6 Å². The van der Waals surface area contributed by atoms with Crippen LogP contribution in [-0.2, 0) is 0 Å². The lowest BCUT2D eigenvalue weighted by Gasteiger charge is -2.04. The Morgan fingerprint density at radius 3 is 2.55 bits per heavy atom. The molecule has 0 unspecified atom stereocenters. The van der Waals surface area contributed by atoms with Gasteiger partial charge in [-0.3, -0.25) is 4.99 Å². The van der Waals surface area contributed by atoms with Crippen molar-refractivity contribution in [1.82, 2.24) is 0 Å². The maximum absolute atomic E-state index is 9.75. The first-order chi connectivity index (χ1) is 9.63. The van der Waals surface area contributed by atoms with E-state index in [1.165, 1.54) is 0 Å². The Labute approximate surface area is 122 Å². The molecule has 20 heavy (non-hydrogen) atoms. The van der Waals surface area contributed by atoms with Gasteiger partial charge in [0.05, 0.1) is 24.9 Å². The van der Waals surface area contributed by atoms with E-state index in [4.69, 9.17) is 21.1 Å². The van der Waals surface area contributed by atoms with Crippen LogP contribution >= 0.6 is 11.6 Å². The van der Waals surface area contributed by atoms with Gasteiger partial charge in [-0.2, -0.15) is 0 Å². The minimum atomic E-state index is 0.133. The number of rotatable bonds is 4. The topological polar surface area (TPSA) is 51.0 Å². The SMILES string of the molecule is COc1ccc(O)c(C=Nc2ccc(OC)c(Cl)c2)c1. The number of aromatic hydroxyl groups is 1. The minimum Gasteiger partial charge on any atom is -0.507 e. The Bertz CT molecular complexity index is 641. The monoisotopic (exact) mass is 291 g/mol. The fourth-order valence-corrected chi connectivity index (χ4v) is 1.89. The summed E-state index contributed by atoms with van der Waals surface area (Å²) in [6, 6.07) is 10.1. The summed E-state index contributed by atoms with van der Waals surface area (Å²) in [6.45, 7) is 0. The van der Waals surface area contributed by atoms with E-state index in [9.17, 15) is 5.11 Å². The number of nitrogens with zero attached hydrogens (tertiary/aromatic N) is 1. The van der Waals surface area contributed by atoms with Gasteiger partial charge in [0.1, 0.15) is 17.2 Å². The molecule has 0 atom stereocenters.